The zero-order valence-corrected chi connectivity index (χ0v) is 9.39. The Labute approximate surface area is 95.6 Å². The van der Waals surface area contributed by atoms with Gasteiger partial charge in [0, 0.05) is 24.9 Å². The summed E-state index contributed by atoms with van der Waals surface area (Å²) in [5, 5.41) is 0. The van der Waals surface area contributed by atoms with Gasteiger partial charge in [0.1, 0.15) is 0 Å². The fraction of sp³-hybridized carbons (Fsp3) is 0.308. The quantitative estimate of drug-likeness (QED) is 0.619. The van der Waals surface area contributed by atoms with Gasteiger partial charge in [-0.15, -0.1) is 0 Å². The van der Waals surface area contributed by atoms with Gasteiger partial charge in [-0.25, -0.2) is 0 Å². The van der Waals surface area contributed by atoms with E-state index in [-0.39, 0.29) is 5.91 Å². The molecule has 16 heavy (non-hydrogen) atoms. The molecule has 1 saturated carbocycles. The van der Waals surface area contributed by atoms with Crippen LogP contribution in [-0.2, 0) is 4.79 Å². The van der Waals surface area contributed by atoms with Crippen molar-refractivity contribution in [3.63, 3.8) is 0 Å². The molecule has 1 aromatic carbocycles. The number of nitrogen functional groups attached to an aromatic ring is 1. The number of carbonyl (C=O) groups excluding carboxylic acids is 1. The van der Waals surface area contributed by atoms with Crippen LogP contribution in [0.2, 0.25) is 0 Å². The lowest BCUT2D eigenvalue weighted by atomic mass is 10.2. The van der Waals surface area contributed by atoms with Crippen LogP contribution < -0.4 is 5.73 Å². The van der Waals surface area contributed by atoms with Crippen LogP contribution in [0.15, 0.2) is 30.3 Å². The summed E-state index contributed by atoms with van der Waals surface area (Å²) in [7, 11) is 1.85. The van der Waals surface area contributed by atoms with Gasteiger partial charge < -0.3 is 10.6 Å². The van der Waals surface area contributed by atoms with Gasteiger partial charge in [0.25, 0.3) is 0 Å². The molecule has 84 valence electrons. The number of benzene rings is 1. The summed E-state index contributed by atoms with van der Waals surface area (Å²) in [6.45, 7) is 0. The molecule has 3 heteroatoms. The normalized spacial score (nSPS) is 15.3. The molecule has 0 spiro atoms. The predicted octanol–water partition coefficient (Wildman–Crippen LogP) is 1.90. The highest BCUT2D eigenvalue weighted by Crippen LogP contribution is 2.25. The third kappa shape index (κ3) is 2.63. The number of hydrogen-bond acceptors (Lipinski definition) is 2. The summed E-state index contributed by atoms with van der Waals surface area (Å²) < 4.78 is 0. The smallest absolute Gasteiger partial charge is 0.246 e. The molecule has 2 N–H and O–H groups in total. The Morgan fingerprint density at radius 1 is 1.38 bits per heavy atom. The molecule has 0 aliphatic heterocycles. The van der Waals surface area contributed by atoms with Crippen LogP contribution in [0.25, 0.3) is 6.08 Å². The number of hydrogen-bond donors (Lipinski definition) is 1. The van der Waals surface area contributed by atoms with Gasteiger partial charge in [-0.3, -0.25) is 4.79 Å². The molecular weight excluding hydrogens is 200 g/mol. The lowest BCUT2D eigenvalue weighted by Gasteiger charge is -2.12. The first-order valence-electron chi connectivity index (χ1n) is 5.47. The minimum atomic E-state index is 0.0688. The van der Waals surface area contributed by atoms with Crippen LogP contribution in [-0.4, -0.2) is 23.9 Å². The molecule has 0 heterocycles. The maximum Gasteiger partial charge on any atom is 0.246 e. The van der Waals surface area contributed by atoms with E-state index in [4.69, 9.17) is 5.73 Å². The Bertz CT molecular complexity index is 404. The molecule has 3 nitrogen and oxygen atoms in total. The van der Waals surface area contributed by atoms with Crippen molar-refractivity contribution in [1.29, 1.82) is 0 Å². The Kier molecular flexibility index (Phi) is 2.95. The SMILES string of the molecule is CN(C(=O)/C=C/c1ccc(N)cc1)C1CC1. The molecule has 0 unspecified atom stereocenters. The van der Waals surface area contributed by atoms with Crippen molar-refractivity contribution >= 4 is 17.7 Å². The Morgan fingerprint density at radius 3 is 2.56 bits per heavy atom. The van der Waals surface area contributed by atoms with Crippen LogP contribution in [0, 0.1) is 0 Å². The van der Waals surface area contributed by atoms with Crippen molar-refractivity contribution in [3.05, 3.63) is 35.9 Å². The van der Waals surface area contributed by atoms with Crippen LogP contribution in [0.5, 0.6) is 0 Å². The van der Waals surface area contributed by atoms with E-state index in [0.717, 1.165) is 24.1 Å². The largest absolute Gasteiger partial charge is 0.399 e. The van der Waals surface area contributed by atoms with Gasteiger partial charge in [-0.05, 0) is 36.6 Å². The summed E-state index contributed by atoms with van der Waals surface area (Å²) >= 11 is 0. The van der Waals surface area contributed by atoms with Crippen molar-refractivity contribution in [2.24, 2.45) is 0 Å². The molecule has 1 aliphatic carbocycles. The van der Waals surface area contributed by atoms with E-state index < -0.39 is 0 Å². The Balaban J connectivity index is 1.97. The third-order valence-corrected chi connectivity index (χ3v) is 2.80. The molecule has 0 bridgehead atoms. The van der Waals surface area contributed by atoms with E-state index in [1.165, 1.54) is 0 Å². The monoisotopic (exact) mass is 216 g/mol. The number of amides is 1. The number of likely N-dealkylation sites (N-methyl/N-ethyl adjacent to an activating group) is 1. The molecule has 0 aromatic heterocycles. The van der Waals surface area contributed by atoms with Crippen LogP contribution in [0.4, 0.5) is 5.69 Å². The summed E-state index contributed by atoms with van der Waals surface area (Å²) in [6, 6.07) is 7.92. The van der Waals surface area contributed by atoms with Crippen LogP contribution >= 0.6 is 0 Å². The molecule has 0 saturated heterocycles. The molecule has 0 radical (unpaired) electrons. The molecule has 1 aliphatic rings. The molecule has 0 atom stereocenters. The zero-order valence-electron chi connectivity index (χ0n) is 9.39. The number of nitrogens with two attached hydrogens (primary N) is 1. The standard InChI is InChI=1S/C13H16N2O/c1-15(12-7-8-12)13(16)9-4-10-2-5-11(14)6-3-10/h2-6,9,12H,7-8,14H2,1H3/b9-4+. The third-order valence-electron chi connectivity index (χ3n) is 2.80. The fourth-order valence-electron chi connectivity index (χ4n) is 1.53. The van der Waals surface area contributed by atoms with Crippen molar-refractivity contribution in [1.82, 2.24) is 4.90 Å². The van der Waals surface area contributed by atoms with Crippen molar-refractivity contribution < 1.29 is 4.79 Å². The van der Waals surface area contributed by atoms with Crippen LogP contribution in [0.1, 0.15) is 18.4 Å². The maximum absolute atomic E-state index is 11.7. The minimum absolute atomic E-state index is 0.0688. The van der Waals surface area contributed by atoms with Gasteiger partial charge in [0.2, 0.25) is 5.91 Å². The van der Waals surface area contributed by atoms with Crippen molar-refractivity contribution in [2.45, 2.75) is 18.9 Å². The minimum Gasteiger partial charge on any atom is -0.399 e. The lowest BCUT2D eigenvalue weighted by Crippen LogP contribution is -2.26. The highest BCUT2D eigenvalue weighted by molar-refractivity contribution is 5.92. The zero-order chi connectivity index (χ0) is 11.5. The average molecular weight is 216 g/mol. The Hall–Kier alpha value is -1.77. The van der Waals surface area contributed by atoms with E-state index in [1.54, 1.807) is 11.0 Å². The molecule has 1 amide bonds. The van der Waals surface area contributed by atoms with E-state index in [2.05, 4.69) is 0 Å². The first-order chi connectivity index (χ1) is 7.66. The summed E-state index contributed by atoms with van der Waals surface area (Å²) in [5.74, 6) is 0.0688. The second-order valence-corrected chi connectivity index (χ2v) is 4.18. The van der Waals surface area contributed by atoms with E-state index in [1.807, 2.05) is 37.4 Å². The number of anilines is 1. The van der Waals surface area contributed by atoms with Crippen molar-refractivity contribution in [3.8, 4) is 0 Å². The predicted molar refractivity (Wildman–Crippen MR) is 65.7 cm³/mol. The highest BCUT2D eigenvalue weighted by Gasteiger charge is 2.28. The van der Waals surface area contributed by atoms with Gasteiger partial charge in [0.15, 0.2) is 0 Å². The first-order valence-corrected chi connectivity index (χ1v) is 5.47. The second kappa shape index (κ2) is 4.39. The number of carbonyl (C=O) groups is 1. The first kappa shape index (κ1) is 10.7. The van der Waals surface area contributed by atoms with E-state index in [9.17, 15) is 4.79 Å². The highest BCUT2D eigenvalue weighted by atomic mass is 16.2. The van der Waals surface area contributed by atoms with Gasteiger partial charge in [0.05, 0.1) is 0 Å². The fourth-order valence-corrected chi connectivity index (χ4v) is 1.53. The van der Waals surface area contributed by atoms with Gasteiger partial charge >= 0.3 is 0 Å². The van der Waals surface area contributed by atoms with Crippen LogP contribution in [0.3, 0.4) is 0 Å². The number of rotatable bonds is 3. The second-order valence-electron chi connectivity index (χ2n) is 4.18. The molecular formula is C13H16N2O. The molecule has 1 aromatic rings. The summed E-state index contributed by atoms with van der Waals surface area (Å²) in [6.07, 6.45) is 5.71. The molecule has 2 rings (SSSR count). The summed E-state index contributed by atoms with van der Waals surface area (Å²) in [4.78, 5) is 13.5. The summed E-state index contributed by atoms with van der Waals surface area (Å²) in [5.41, 5.74) is 7.31. The topological polar surface area (TPSA) is 46.3 Å². The van der Waals surface area contributed by atoms with E-state index in [0.29, 0.717) is 6.04 Å². The average Bonchev–Trinajstić information content (AvgIpc) is 3.11. The van der Waals surface area contributed by atoms with E-state index >= 15 is 0 Å². The Morgan fingerprint density at radius 2 is 2.00 bits per heavy atom. The van der Waals surface area contributed by atoms with Gasteiger partial charge in [-0.2, -0.15) is 0 Å². The van der Waals surface area contributed by atoms with Gasteiger partial charge in [-0.1, -0.05) is 12.1 Å². The lowest BCUT2D eigenvalue weighted by molar-refractivity contribution is -0.125. The number of nitrogens with zero attached hydrogens (tertiary/aromatic N) is 1. The van der Waals surface area contributed by atoms with Crippen molar-refractivity contribution in [2.75, 3.05) is 12.8 Å². The maximum atomic E-state index is 11.7. The molecule has 1 fully saturated rings.